The molecule has 0 saturated carbocycles. The number of ether oxygens (including phenoxy) is 1. The van der Waals surface area contributed by atoms with Crippen molar-refractivity contribution >= 4 is 5.90 Å². The van der Waals surface area contributed by atoms with Crippen LogP contribution in [-0.2, 0) is 4.74 Å². The maximum Gasteiger partial charge on any atom is 0.191 e. The number of hydrogen-bond donors (Lipinski definition) is 0. The molecule has 0 atom stereocenters. The molecule has 1 aliphatic heterocycles. The number of hydrogen-bond acceptors (Lipinski definition) is 2. The highest BCUT2D eigenvalue weighted by atomic mass is 16.5. The summed E-state index contributed by atoms with van der Waals surface area (Å²) < 4.78 is 5.00. The van der Waals surface area contributed by atoms with Crippen LogP contribution in [0, 0.1) is 0 Å². The fraction of sp³-hybridized carbons (Fsp3) is 0.375. The molecule has 0 unspecified atom stereocenters. The summed E-state index contributed by atoms with van der Waals surface area (Å²) in [6.07, 6.45) is 6.52. The molecule has 2 nitrogen and oxygen atoms in total. The summed E-state index contributed by atoms with van der Waals surface area (Å²) in [5.74, 6) is 0.780. The van der Waals surface area contributed by atoms with E-state index in [9.17, 15) is 0 Å². The lowest BCUT2D eigenvalue weighted by atomic mass is 10.2. The minimum atomic E-state index is 0.780. The molecular formula is C8H11NO. The lowest BCUT2D eigenvalue weighted by molar-refractivity contribution is 0.394. The summed E-state index contributed by atoms with van der Waals surface area (Å²) in [5, 5.41) is 0. The van der Waals surface area contributed by atoms with Crippen molar-refractivity contribution in [2.24, 2.45) is 4.99 Å². The van der Waals surface area contributed by atoms with E-state index in [0.717, 1.165) is 12.3 Å². The monoisotopic (exact) mass is 137 g/mol. The number of allylic oxidation sites excluding steroid dienone is 2. The van der Waals surface area contributed by atoms with Crippen LogP contribution in [0.3, 0.4) is 0 Å². The van der Waals surface area contributed by atoms with Gasteiger partial charge in [-0.15, -0.1) is 0 Å². The molecule has 0 N–H and O–H groups in total. The molecule has 0 amide bonds. The van der Waals surface area contributed by atoms with Crippen LogP contribution in [-0.4, -0.2) is 13.0 Å². The zero-order valence-corrected chi connectivity index (χ0v) is 6.29. The van der Waals surface area contributed by atoms with Crippen molar-refractivity contribution in [2.75, 3.05) is 7.11 Å². The van der Waals surface area contributed by atoms with Gasteiger partial charge < -0.3 is 4.74 Å². The smallest absolute Gasteiger partial charge is 0.191 e. The maximum absolute atomic E-state index is 5.00. The maximum atomic E-state index is 5.00. The van der Waals surface area contributed by atoms with Gasteiger partial charge in [-0.05, 0) is 13.0 Å². The third-order valence-electron chi connectivity index (χ3n) is 1.35. The van der Waals surface area contributed by atoms with Gasteiger partial charge in [0.15, 0.2) is 5.90 Å². The topological polar surface area (TPSA) is 21.6 Å². The van der Waals surface area contributed by atoms with Crippen LogP contribution < -0.4 is 0 Å². The highest BCUT2D eigenvalue weighted by Gasteiger charge is 1.99. The Labute approximate surface area is 60.9 Å². The standard InChI is InChI=1S/C8H11NO/c1-7-4-3-5-9-8(6-7)10-2/h3-5H,6H2,1-2H3. The molecule has 0 radical (unpaired) electrons. The first-order chi connectivity index (χ1) is 4.83. The zero-order valence-electron chi connectivity index (χ0n) is 6.29. The van der Waals surface area contributed by atoms with Gasteiger partial charge in [0.25, 0.3) is 0 Å². The molecule has 0 spiro atoms. The van der Waals surface area contributed by atoms with E-state index in [1.54, 1.807) is 13.3 Å². The fourth-order valence-corrected chi connectivity index (χ4v) is 0.801. The molecule has 0 bridgehead atoms. The summed E-state index contributed by atoms with van der Waals surface area (Å²) in [6, 6.07) is 0. The van der Waals surface area contributed by atoms with Crippen LogP contribution in [0.25, 0.3) is 0 Å². The van der Waals surface area contributed by atoms with E-state index in [4.69, 9.17) is 4.74 Å². The Morgan fingerprint density at radius 2 is 2.40 bits per heavy atom. The number of aliphatic imine (C=N–C) groups is 1. The molecule has 0 saturated heterocycles. The van der Waals surface area contributed by atoms with Crippen molar-refractivity contribution in [2.45, 2.75) is 13.3 Å². The van der Waals surface area contributed by atoms with E-state index in [2.05, 4.69) is 11.9 Å². The lowest BCUT2D eigenvalue weighted by Gasteiger charge is -2.00. The van der Waals surface area contributed by atoms with Gasteiger partial charge >= 0.3 is 0 Å². The normalized spacial score (nSPS) is 17.4. The first-order valence-electron chi connectivity index (χ1n) is 3.26. The Hall–Kier alpha value is -1.05. The summed E-state index contributed by atoms with van der Waals surface area (Å²) in [4.78, 5) is 4.05. The largest absolute Gasteiger partial charge is 0.484 e. The van der Waals surface area contributed by atoms with Crippen LogP contribution in [0.4, 0.5) is 0 Å². The van der Waals surface area contributed by atoms with Crippen molar-refractivity contribution in [1.29, 1.82) is 0 Å². The SMILES string of the molecule is COC1=NC=CC=C(C)C1. The predicted molar refractivity (Wildman–Crippen MR) is 42.0 cm³/mol. The van der Waals surface area contributed by atoms with Gasteiger partial charge in [-0.1, -0.05) is 11.6 Å². The van der Waals surface area contributed by atoms with Gasteiger partial charge in [0.05, 0.1) is 7.11 Å². The summed E-state index contributed by atoms with van der Waals surface area (Å²) in [7, 11) is 1.64. The second-order valence-corrected chi connectivity index (χ2v) is 2.26. The third kappa shape index (κ3) is 1.72. The molecule has 1 rings (SSSR count). The van der Waals surface area contributed by atoms with Crippen molar-refractivity contribution < 1.29 is 4.74 Å². The molecule has 10 heavy (non-hydrogen) atoms. The van der Waals surface area contributed by atoms with Gasteiger partial charge in [0.1, 0.15) is 0 Å². The van der Waals surface area contributed by atoms with Crippen LogP contribution in [0.5, 0.6) is 0 Å². The predicted octanol–water partition coefficient (Wildman–Crippen LogP) is 1.89. The first kappa shape index (κ1) is 7.06. The highest BCUT2D eigenvalue weighted by Crippen LogP contribution is 2.06. The van der Waals surface area contributed by atoms with Crippen molar-refractivity contribution in [1.82, 2.24) is 0 Å². The van der Waals surface area contributed by atoms with Gasteiger partial charge in [-0.3, -0.25) is 0 Å². The number of rotatable bonds is 0. The van der Waals surface area contributed by atoms with Crippen LogP contribution >= 0.6 is 0 Å². The minimum Gasteiger partial charge on any atom is -0.484 e. The van der Waals surface area contributed by atoms with Gasteiger partial charge in [-0.2, -0.15) is 0 Å². The minimum absolute atomic E-state index is 0.780. The van der Waals surface area contributed by atoms with Crippen LogP contribution in [0.1, 0.15) is 13.3 Å². The van der Waals surface area contributed by atoms with Crippen LogP contribution in [0.15, 0.2) is 28.9 Å². The molecule has 2 heteroatoms. The Kier molecular flexibility index (Phi) is 2.26. The van der Waals surface area contributed by atoms with E-state index in [1.165, 1.54) is 5.57 Å². The molecule has 0 aromatic heterocycles. The summed E-state index contributed by atoms with van der Waals surface area (Å²) in [6.45, 7) is 2.06. The van der Waals surface area contributed by atoms with Gasteiger partial charge in [0.2, 0.25) is 0 Å². The Morgan fingerprint density at radius 1 is 1.60 bits per heavy atom. The number of methoxy groups -OCH3 is 1. The lowest BCUT2D eigenvalue weighted by Crippen LogP contribution is -1.99. The van der Waals surface area contributed by atoms with Crippen molar-refractivity contribution in [3.63, 3.8) is 0 Å². The first-order valence-corrected chi connectivity index (χ1v) is 3.26. The molecule has 1 aliphatic rings. The zero-order chi connectivity index (χ0) is 7.40. The molecular weight excluding hydrogens is 126 g/mol. The summed E-state index contributed by atoms with van der Waals surface area (Å²) >= 11 is 0. The second-order valence-electron chi connectivity index (χ2n) is 2.26. The van der Waals surface area contributed by atoms with E-state index in [0.29, 0.717) is 0 Å². The molecule has 0 aromatic carbocycles. The second kappa shape index (κ2) is 3.20. The van der Waals surface area contributed by atoms with Crippen molar-refractivity contribution in [3.8, 4) is 0 Å². The van der Waals surface area contributed by atoms with E-state index >= 15 is 0 Å². The number of nitrogens with zero attached hydrogens (tertiary/aromatic N) is 1. The van der Waals surface area contributed by atoms with Gasteiger partial charge in [0, 0.05) is 12.6 Å². The highest BCUT2D eigenvalue weighted by molar-refractivity contribution is 5.79. The summed E-state index contributed by atoms with van der Waals surface area (Å²) in [5.41, 5.74) is 1.27. The molecule has 0 aliphatic carbocycles. The van der Waals surface area contributed by atoms with Crippen LogP contribution in [0.2, 0.25) is 0 Å². The van der Waals surface area contributed by atoms with E-state index < -0.39 is 0 Å². The average Bonchev–Trinajstić information content (AvgIpc) is 2.13. The quantitative estimate of drug-likeness (QED) is 0.499. The fourth-order valence-electron chi connectivity index (χ4n) is 0.801. The molecule has 0 fully saturated rings. The molecule has 1 heterocycles. The third-order valence-corrected chi connectivity index (χ3v) is 1.35. The van der Waals surface area contributed by atoms with Crippen molar-refractivity contribution in [3.05, 3.63) is 23.9 Å². The van der Waals surface area contributed by atoms with E-state index in [-0.39, 0.29) is 0 Å². The van der Waals surface area contributed by atoms with E-state index in [1.807, 2.05) is 12.2 Å². The molecule has 54 valence electrons. The molecule has 0 aromatic rings. The van der Waals surface area contributed by atoms with Gasteiger partial charge in [-0.25, -0.2) is 4.99 Å². The average molecular weight is 137 g/mol. The Bertz CT molecular complexity index is 201. The Balaban J connectivity index is 2.72. The Morgan fingerprint density at radius 3 is 3.10 bits per heavy atom.